The van der Waals surface area contributed by atoms with Crippen LogP contribution in [-0.4, -0.2) is 37.8 Å². The third-order valence-electron chi connectivity index (χ3n) is 3.78. The summed E-state index contributed by atoms with van der Waals surface area (Å²) in [5.74, 6) is -0.149. The number of rotatable bonds is 4. The van der Waals surface area contributed by atoms with Gasteiger partial charge in [-0.05, 0) is 44.9 Å². The lowest BCUT2D eigenvalue weighted by Crippen LogP contribution is -2.44. The molecule has 0 aromatic heterocycles. The minimum Gasteiger partial charge on any atom is -0.354 e. The summed E-state index contributed by atoms with van der Waals surface area (Å²) in [7, 11) is -3.61. The van der Waals surface area contributed by atoms with E-state index < -0.39 is 10.0 Å². The standard InChI is InChI=1S/C15H20Cl2N2O3S/c1-10(2)18-15(20)11-5-7-19(8-6-11)23(21,22)12-3-4-13(16)14(17)9-12/h3-4,9-11H,5-8H2,1-2H3,(H,18,20). The van der Waals surface area contributed by atoms with Crippen molar-refractivity contribution in [1.29, 1.82) is 0 Å². The molecule has 23 heavy (non-hydrogen) atoms. The van der Waals surface area contributed by atoms with E-state index in [2.05, 4.69) is 5.32 Å². The summed E-state index contributed by atoms with van der Waals surface area (Å²) in [6, 6.07) is 4.36. The summed E-state index contributed by atoms with van der Waals surface area (Å²) in [4.78, 5) is 12.1. The summed E-state index contributed by atoms with van der Waals surface area (Å²) < 4.78 is 26.7. The highest BCUT2D eigenvalue weighted by molar-refractivity contribution is 7.89. The molecule has 1 amide bonds. The van der Waals surface area contributed by atoms with Gasteiger partial charge in [0.05, 0.1) is 14.9 Å². The van der Waals surface area contributed by atoms with Crippen molar-refractivity contribution in [2.75, 3.05) is 13.1 Å². The topological polar surface area (TPSA) is 66.5 Å². The zero-order valence-corrected chi connectivity index (χ0v) is 15.4. The van der Waals surface area contributed by atoms with Crippen molar-refractivity contribution in [3.63, 3.8) is 0 Å². The Hall–Kier alpha value is -0.820. The minimum absolute atomic E-state index is 0.00779. The van der Waals surface area contributed by atoms with Gasteiger partial charge in [0.25, 0.3) is 0 Å². The van der Waals surface area contributed by atoms with Gasteiger partial charge in [0.2, 0.25) is 15.9 Å². The van der Waals surface area contributed by atoms with Crippen LogP contribution in [-0.2, 0) is 14.8 Å². The van der Waals surface area contributed by atoms with Crippen LogP contribution >= 0.6 is 23.2 Å². The van der Waals surface area contributed by atoms with Crippen LogP contribution in [0.3, 0.4) is 0 Å². The highest BCUT2D eigenvalue weighted by Gasteiger charge is 2.32. The number of hydrogen-bond acceptors (Lipinski definition) is 3. The lowest BCUT2D eigenvalue weighted by atomic mass is 9.97. The van der Waals surface area contributed by atoms with E-state index in [1.165, 1.54) is 22.5 Å². The Morgan fingerprint density at radius 1 is 1.22 bits per heavy atom. The minimum atomic E-state index is -3.61. The highest BCUT2D eigenvalue weighted by Crippen LogP contribution is 2.28. The molecule has 0 aliphatic carbocycles. The van der Waals surface area contributed by atoms with E-state index in [1.807, 2.05) is 13.8 Å². The highest BCUT2D eigenvalue weighted by atomic mass is 35.5. The normalized spacial score (nSPS) is 17.4. The smallest absolute Gasteiger partial charge is 0.243 e. The van der Waals surface area contributed by atoms with E-state index in [1.54, 1.807) is 0 Å². The van der Waals surface area contributed by atoms with Gasteiger partial charge in [-0.1, -0.05) is 23.2 Å². The first-order valence-corrected chi connectivity index (χ1v) is 9.67. The molecule has 1 N–H and O–H groups in total. The molecule has 1 fully saturated rings. The monoisotopic (exact) mass is 378 g/mol. The average Bonchev–Trinajstić information content (AvgIpc) is 2.49. The lowest BCUT2D eigenvalue weighted by molar-refractivity contribution is -0.126. The fourth-order valence-electron chi connectivity index (χ4n) is 2.55. The van der Waals surface area contributed by atoms with Gasteiger partial charge in [0.1, 0.15) is 0 Å². The first-order chi connectivity index (χ1) is 10.7. The van der Waals surface area contributed by atoms with Gasteiger partial charge in [-0.2, -0.15) is 4.31 Å². The second kappa shape index (κ2) is 7.38. The van der Waals surface area contributed by atoms with Gasteiger partial charge in [0, 0.05) is 25.0 Å². The molecule has 2 rings (SSSR count). The molecule has 1 aliphatic rings. The van der Waals surface area contributed by atoms with Crippen molar-refractivity contribution >= 4 is 39.1 Å². The van der Waals surface area contributed by atoms with Gasteiger partial charge in [-0.25, -0.2) is 8.42 Å². The van der Waals surface area contributed by atoms with Crippen LogP contribution in [0.4, 0.5) is 0 Å². The fraction of sp³-hybridized carbons (Fsp3) is 0.533. The summed E-state index contributed by atoms with van der Waals surface area (Å²) in [6.45, 7) is 4.45. The second-order valence-corrected chi connectivity index (χ2v) is 8.67. The van der Waals surface area contributed by atoms with Gasteiger partial charge in [0.15, 0.2) is 0 Å². The number of nitrogens with zero attached hydrogens (tertiary/aromatic N) is 1. The van der Waals surface area contributed by atoms with Gasteiger partial charge in [-0.15, -0.1) is 0 Å². The van der Waals surface area contributed by atoms with Gasteiger partial charge in [-0.3, -0.25) is 4.79 Å². The fourth-order valence-corrected chi connectivity index (χ4v) is 4.41. The number of hydrogen-bond donors (Lipinski definition) is 1. The van der Waals surface area contributed by atoms with E-state index in [4.69, 9.17) is 23.2 Å². The largest absolute Gasteiger partial charge is 0.354 e. The number of nitrogens with one attached hydrogen (secondary N) is 1. The zero-order chi connectivity index (χ0) is 17.2. The van der Waals surface area contributed by atoms with Crippen molar-refractivity contribution < 1.29 is 13.2 Å². The first kappa shape index (κ1) is 18.5. The van der Waals surface area contributed by atoms with Crippen molar-refractivity contribution in [3.05, 3.63) is 28.2 Å². The molecule has 128 valence electrons. The van der Waals surface area contributed by atoms with E-state index >= 15 is 0 Å². The molecule has 1 aliphatic heterocycles. The molecule has 0 bridgehead atoms. The Kier molecular flexibility index (Phi) is 5.94. The molecule has 0 radical (unpaired) electrons. The summed E-state index contributed by atoms with van der Waals surface area (Å²) in [6.07, 6.45) is 1.03. The molecule has 0 unspecified atom stereocenters. The molecule has 1 aromatic rings. The Bertz CT molecular complexity index is 684. The number of piperidine rings is 1. The molecule has 1 heterocycles. The third-order valence-corrected chi connectivity index (χ3v) is 6.42. The molecule has 0 atom stereocenters. The first-order valence-electron chi connectivity index (χ1n) is 7.47. The molecule has 5 nitrogen and oxygen atoms in total. The van der Waals surface area contributed by atoms with E-state index in [0.29, 0.717) is 31.0 Å². The molecule has 1 saturated heterocycles. The molecule has 0 spiro atoms. The number of halogens is 2. The average molecular weight is 379 g/mol. The second-order valence-electron chi connectivity index (χ2n) is 5.92. The summed E-state index contributed by atoms with van der Waals surface area (Å²) in [5, 5.41) is 3.39. The van der Waals surface area contributed by atoms with Gasteiger partial charge >= 0.3 is 0 Å². The van der Waals surface area contributed by atoms with Crippen LogP contribution in [0.5, 0.6) is 0 Å². The maximum absolute atomic E-state index is 12.6. The number of carbonyl (C=O) groups is 1. The molecular weight excluding hydrogens is 359 g/mol. The molecule has 0 saturated carbocycles. The van der Waals surface area contributed by atoms with Crippen LogP contribution in [0.25, 0.3) is 0 Å². The van der Waals surface area contributed by atoms with Crippen LogP contribution < -0.4 is 5.32 Å². The summed E-state index contributed by atoms with van der Waals surface area (Å²) in [5.41, 5.74) is 0. The van der Waals surface area contributed by atoms with Crippen molar-refractivity contribution in [3.8, 4) is 0 Å². The van der Waals surface area contributed by atoms with E-state index in [0.717, 1.165) is 0 Å². The maximum Gasteiger partial charge on any atom is 0.243 e. The van der Waals surface area contributed by atoms with Crippen molar-refractivity contribution in [2.45, 2.75) is 37.6 Å². The molecule has 1 aromatic carbocycles. The SMILES string of the molecule is CC(C)NC(=O)C1CCN(S(=O)(=O)c2ccc(Cl)c(Cl)c2)CC1. The van der Waals surface area contributed by atoms with E-state index in [9.17, 15) is 13.2 Å². The zero-order valence-electron chi connectivity index (χ0n) is 13.1. The number of carbonyl (C=O) groups excluding carboxylic acids is 1. The maximum atomic E-state index is 12.6. The number of sulfonamides is 1. The molecular formula is C15H20Cl2N2O3S. The Morgan fingerprint density at radius 2 is 1.83 bits per heavy atom. The summed E-state index contributed by atoms with van der Waals surface area (Å²) >= 11 is 11.7. The van der Waals surface area contributed by atoms with Crippen LogP contribution in [0.1, 0.15) is 26.7 Å². The lowest BCUT2D eigenvalue weighted by Gasteiger charge is -2.31. The quantitative estimate of drug-likeness (QED) is 0.875. The Labute approximate surface area is 147 Å². The third kappa shape index (κ3) is 4.38. The molecule has 8 heteroatoms. The van der Waals surface area contributed by atoms with Gasteiger partial charge < -0.3 is 5.32 Å². The van der Waals surface area contributed by atoms with Crippen molar-refractivity contribution in [1.82, 2.24) is 9.62 Å². The number of benzene rings is 1. The Morgan fingerprint density at radius 3 is 2.35 bits per heavy atom. The van der Waals surface area contributed by atoms with Crippen LogP contribution in [0.15, 0.2) is 23.1 Å². The van der Waals surface area contributed by atoms with Crippen LogP contribution in [0.2, 0.25) is 10.0 Å². The predicted molar refractivity (Wildman–Crippen MR) is 91.2 cm³/mol. The van der Waals surface area contributed by atoms with Crippen molar-refractivity contribution in [2.24, 2.45) is 5.92 Å². The van der Waals surface area contributed by atoms with Crippen LogP contribution in [0, 0.1) is 5.92 Å². The number of amides is 1. The van der Waals surface area contributed by atoms with E-state index in [-0.39, 0.29) is 27.8 Å². The Balaban J connectivity index is 2.06. The predicted octanol–water partition coefficient (Wildman–Crippen LogP) is 2.92.